The molecular weight excluding hydrogens is 303 g/mol. The minimum Gasteiger partial charge on any atom is -0.388 e. The summed E-state index contributed by atoms with van der Waals surface area (Å²) in [5, 5.41) is 10.0. The highest BCUT2D eigenvalue weighted by Crippen LogP contribution is 2.28. The maximum atomic E-state index is 13.6. The first-order valence-electron chi connectivity index (χ1n) is 5.24. The fraction of sp³-hybridized carbons (Fsp3) is 0.231. The smallest absolute Gasteiger partial charge is 0.129 e. The minimum absolute atomic E-state index is 0.348. The molecule has 0 bridgehead atoms. The Balaban J connectivity index is 2.19. The Bertz CT molecular complexity index is 524. The quantitative estimate of drug-likeness (QED) is 0.898. The van der Waals surface area contributed by atoms with E-state index < -0.39 is 6.10 Å². The third-order valence-electron chi connectivity index (χ3n) is 2.53. The van der Waals surface area contributed by atoms with Crippen LogP contribution in [0.25, 0.3) is 0 Å². The van der Waals surface area contributed by atoms with E-state index in [1.165, 1.54) is 6.07 Å². The molecule has 0 aliphatic rings. The minimum atomic E-state index is -0.791. The molecule has 1 aromatic carbocycles. The van der Waals surface area contributed by atoms with Gasteiger partial charge in [0.05, 0.1) is 9.89 Å². The number of halogens is 2. The zero-order chi connectivity index (χ0) is 12.4. The molecule has 2 aromatic rings. The van der Waals surface area contributed by atoms with Crippen molar-refractivity contribution in [2.75, 3.05) is 0 Å². The molecule has 0 fully saturated rings. The van der Waals surface area contributed by atoms with Gasteiger partial charge in [-0.15, -0.1) is 11.3 Å². The number of thiophene rings is 1. The molecule has 0 aliphatic carbocycles. The number of benzene rings is 1. The monoisotopic (exact) mass is 314 g/mol. The molecule has 0 saturated carbocycles. The molecule has 1 N–H and O–H groups in total. The molecule has 1 unspecified atom stereocenters. The van der Waals surface area contributed by atoms with E-state index in [0.717, 1.165) is 14.2 Å². The molecule has 0 amide bonds. The highest BCUT2D eigenvalue weighted by Gasteiger charge is 2.14. The lowest BCUT2D eigenvalue weighted by atomic mass is 10.0. The molecule has 1 nitrogen and oxygen atoms in total. The molecule has 1 aromatic heterocycles. The van der Waals surface area contributed by atoms with Gasteiger partial charge in [-0.1, -0.05) is 17.7 Å². The molecule has 4 heteroatoms. The number of aryl methyl sites for hydroxylation is 1. The topological polar surface area (TPSA) is 20.2 Å². The van der Waals surface area contributed by atoms with Crippen molar-refractivity contribution in [3.8, 4) is 0 Å². The van der Waals surface area contributed by atoms with Gasteiger partial charge in [0.1, 0.15) is 5.82 Å². The lowest BCUT2D eigenvalue weighted by molar-refractivity contribution is 0.174. The number of hydrogen-bond donors (Lipinski definition) is 1. The number of aliphatic hydroxyl groups excluding tert-OH is 1. The summed E-state index contributed by atoms with van der Waals surface area (Å²) in [6, 6.07) is 8.67. The van der Waals surface area contributed by atoms with Gasteiger partial charge in [-0.25, -0.2) is 4.39 Å². The summed E-state index contributed by atoms with van der Waals surface area (Å²) in [5.41, 5.74) is 1.32. The maximum absolute atomic E-state index is 13.6. The van der Waals surface area contributed by atoms with Crippen molar-refractivity contribution >= 4 is 27.3 Å². The first-order valence-corrected chi connectivity index (χ1v) is 6.85. The summed E-state index contributed by atoms with van der Waals surface area (Å²) in [6.07, 6.45) is -0.350. The Labute approximate surface area is 112 Å². The van der Waals surface area contributed by atoms with Gasteiger partial charge >= 0.3 is 0 Å². The van der Waals surface area contributed by atoms with Crippen LogP contribution in [0.15, 0.2) is 34.1 Å². The Morgan fingerprint density at radius 3 is 2.76 bits per heavy atom. The summed E-state index contributed by atoms with van der Waals surface area (Å²) in [4.78, 5) is 1.03. The molecule has 17 heavy (non-hydrogen) atoms. The number of rotatable bonds is 3. The Hall–Kier alpha value is -0.710. The molecule has 2 rings (SSSR count). The van der Waals surface area contributed by atoms with E-state index in [1.54, 1.807) is 23.5 Å². The van der Waals surface area contributed by atoms with Crippen molar-refractivity contribution in [3.05, 3.63) is 55.9 Å². The molecule has 0 aliphatic heterocycles. The lowest BCUT2D eigenvalue weighted by Crippen LogP contribution is -2.03. The van der Waals surface area contributed by atoms with Crippen LogP contribution in [0.2, 0.25) is 0 Å². The summed E-state index contributed by atoms with van der Waals surface area (Å²) >= 11 is 4.92. The predicted molar refractivity (Wildman–Crippen MR) is 71.8 cm³/mol. The molecule has 1 heterocycles. The van der Waals surface area contributed by atoms with E-state index in [2.05, 4.69) is 15.9 Å². The van der Waals surface area contributed by atoms with Gasteiger partial charge in [-0.3, -0.25) is 0 Å². The molecule has 0 spiro atoms. The van der Waals surface area contributed by atoms with Crippen molar-refractivity contribution in [2.24, 2.45) is 0 Å². The first-order chi connectivity index (χ1) is 8.06. The Kier molecular flexibility index (Phi) is 3.97. The largest absolute Gasteiger partial charge is 0.388 e. The zero-order valence-corrected chi connectivity index (χ0v) is 11.7. The molecule has 0 radical (unpaired) electrons. The van der Waals surface area contributed by atoms with Gasteiger partial charge in [0, 0.05) is 16.9 Å². The highest BCUT2D eigenvalue weighted by molar-refractivity contribution is 9.11. The van der Waals surface area contributed by atoms with Crippen molar-refractivity contribution < 1.29 is 9.50 Å². The Morgan fingerprint density at radius 1 is 1.35 bits per heavy atom. The summed E-state index contributed by atoms with van der Waals surface area (Å²) in [6.45, 7) is 1.89. The average molecular weight is 315 g/mol. The van der Waals surface area contributed by atoms with Crippen LogP contribution in [0.5, 0.6) is 0 Å². The second kappa shape index (κ2) is 5.29. The van der Waals surface area contributed by atoms with E-state index >= 15 is 0 Å². The van der Waals surface area contributed by atoms with Crippen molar-refractivity contribution in [1.82, 2.24) is 0 Å². The summed E-state index contributed by atoms with van der Waals surface area (Å²) in [5.74, 6) is -0.348. The van der Waals surface area contributed by atoms with Crippen LogP contribution >= 0.6 is 27.3 Å². The number of hydrogen-bond acceptors (Lipinski definition) is 2. The SMILES string of the molecule is Cc1ccc(F)c(C(O)Cc2ccc(Br)s2)c1. The number of aliphatic hydroxyl groups is 1. The zero-order valence-electron chi connectivity index (χ0n) is 9.28. The van der Waals surface area contributed by atoms with Gasteiger partial charge in [-0.2, -0.15) is 0 Å². The molecule has 1 atom stereocenters. The van der Waals surface area contributed by atoms with Crippen LogP contribution < -0.4 is 0 Å². The predicted octanol–water partition coefficient (Wildman–Crippen LogP) is 4.23. The van der Waals surface area contributed by atoms with Crippen molar-refractivity contribution in [2.45, 2.75) is 19.4 Å². The van der Waals surface area contributed by atoms with Crippen molar-refractivity contribution in [3.63, 3.8) is 0 Å². The normalized spacial score (nSPS) is 12.7. The maximum Gasteiger partial charge on any atom is 0.129 e. The van der Waals surface area contributed by atoms with Gasteiger partial charge in [0.15, 0.2) is 0 Å². The third-order valence-corrected chi connectivity index (χ3v) is 4.18. The first kappa shape index (κ1) is 12.7. The van der Waals surface area contributed by atoms with E-state index in [-0.39, 0.29) is 5.82 Å². The van der Waals surface area contributed by atoms with E-state index in [9.17, 15) is 9.50 Å². The van der Waals surface area contributed by atoms with E-state index in [4.69, 9.17) is 0 Å². The van der Waals surface area contributed by atoms with Crippen LogP contribution in [0, 0.1) is 12.7 Å². The standard InChI is InChI=1S/C13H12BrFOS/c1-8-2-4-11(15)10(6-8)12(16)7-9-3-5-13(14)17-9/h2-6,12,16H,7H2,1H3. The van der Waals surface area contributed by atoms with Gasteiger partial charge in [-0.05, 0) is 41.1 Å². The molecule has 90 valence electrons. The fourth-order valence-corrected chi connectivity index (χ4v) is 3.20. The van der Waals surface area contributed by atoms with Gasteiger partial charge < -0.3 is 5.11 Å². The van der Waals surface area contributed by atoms with Crippen LogP contribution in [0.4, 0.5) is 4.39 Å². The summed E-state index contributed by atoms with van der Waals surface area (Å²) in [7, 11) is 0. The van der Waals surface area contributed by atoms with Crippen LogP contribution in [-0.4, -0.2) is 5.11 Å². The lowest BCUT2D eigenvalue weighted by Gasteiger charge is -2.11. The van der Waals surface area contributed by atoms with Gasteiger partial charge in [0.25, 0.3) is 0 Å². The average Bonchev–Trinajstić information content (AvgIpc) is 2.67. The summed E-state index contributed by atoms with van der Waals surface area (Å²) < 4.78 is 14.6. The second-order valence-electron chi connectivity index (χ2n) is 3.95. The molecular formula is C13H12BrFOS. The second-order valence-corrected chi connectivity index (χ2v) is 6.50. The fourth-order valence-electron chi connectivity index (χ4n) is 1.68. The van der Waals surface area contributed by atoms with Crippen LogP contribution in [-0.2, 0) is 6.42 Å². The van der Waals surface area contributed by atoms with Crippen LogP contribution in [0.1, 0.15) is 22.1 Å². The highest BCUT2D eigenvalue weighted by atomic mass is 79.9. The van der Waals surface area contributed by atoms with Crippen LogP contribution in [0.3, 0.4) is 0 Å². The Morgan fingerprint density at radius 2 is 2.12 bits per heavy atom. The van der Waals surface area contributed by atoms with E-state index in [0.29, 0.717) is 12.0 Å². The van der Waals surface area contributed by atoms with Crippen molar-refractivity contribution in [1.29, 1.82) is 0 Å². The third kappa shape index (κ3) is 3.15. The van der Waals surface area contributed by atoms with Gasteiger partial charge in [0.2, 0.25) is 0 Å². The molecule has 0 saturated heterocycles. The van der Waals surface area contributed by atoms with E-state index in [1.807, 2.05) is 19.1 Å².